The van der Waals surface area contributed by atoms with Crippen molar-refractivity contribution in [2.75, 3.05) is 7.11 Å². The quantitative estimate of drug-likeness (QED) is 0.515. The summed E-state index contributed by atoms with van der Waals surface area (Å²) in [5.41, 5.74) is 1.23. The van der Waals surface area contributed by atoms with Gasteiger partial charge in [0.1, 0.15) is 5.75 Å². The molecule has 0 saturated heterocycles. The number of rotatable bonds is 1. The maximum Gasteiger partial charge on any atom is 0.119 e. The van der Waals surface area contributed by atoms with Gasteiger partial charge >= 0.3 is 0 Å². The minimum absolute atomic E-state index is 1.06. The third-order valence-electron chi connectivity index (χ3n) is 1.61. The summed E-state index contributed by atoms with van der Waals surface area (Å²) >= 11 is 0. The standard InChI is InChI=1S/C8H12OSi/c1-6-4-3-5-7(10)8(6)9-2/h3-5H,1-2,10H3. The van der Waals surface area contributed by atoms with Crippen LogP contribution >= 0.6 is 0 Å². The van der Waals surface area contributed by atoms with E-state index in [-0.39, 0.29) is 0 Å². The minimum atomic E-state index is 1.06. The van der Waals surface area contributed by atoms with E-state index < -0.39 is 0 Å². The van der Waals surface area contributed by atoms with Crippen molar-refractivity contribution in [3.63, 3.8) is 0 Å². The predicted octanol–water partition coefficient (Wildman–Crippen LogP) is -0.00568. The van der Waals surface area contributed by atoms with Crippen LogP contribution in [0.5, 0.6) is 5.75 Å². The lowest BCUT2D eigenvalue weighted by molar-refractivity contribution is 0.415. The van der Waals surface area contributed by atoms with E-state index in [0.717, 1.165) is 16.0 Å². The highest BCUT2D eigenvalue weighted by Crippen LogP contribution is 2.11. The Balaban J connectivity index is 3.17. The first-order chi connectivity index (χ1) is 4.75. The molecule has 0 aromatic heterocycles. The topological polar surface area (TPSA) is 9.23 Å². The lowest BCUT2D eigenvalue weighted by Gasteiger charge is -2.06. The summed E-state index contributed by atoms with van der Waals surface area (Å²) < 4.78 is 5.21. The molecule has 0 fully saturated rings. The number of benzene rings is 1. The number of hydrogen-bond donors (Lipinski definition) is 0. The molecular formula is C8H12OSi. The molecule has 0 bridgehead atoms. The van der Waals surface area contributed by atoms with E-state index in [0.29, 0.717) is 0 Å². The average Bonchev–Trinajstić information content (AvgIpc) is 1.88. The molecule has 0 aliphatic rings. The number of aryl methyl sites for hydroxylation is 1. The van der Waals surface area contributed by atoms with Gasteiger partial charge in [-0.25, -0.2) is 0 Å². The Kier molecular flexibility index (Phi) is 2.12. The summed E-state index contributed by atoms with van der Waals surface area (Å²) in [6, 6.07) is 6.25. The summed E-state index contributed by atoms with van der Waals surface area (Å²) in [5.74, 6) is 1.06. The summed E-state index contributed by atoms with van der Waals surface area (Å²) in [6.45, 7) is 2.07. The Bertz CT molecular complexity index is 212. The molecule has 0 aliphatic carbocycles. The van der Waals surface area contributed by atoms with E-state index in [1.807, 2.05) is 0 Å². The first-order valence-electron chi connectivity index (χ1n) is 3.36. The number of methoxy groups -OCH3 is 1. The molecule has 0 N–H and O–H groups in total. The zero-order valence-electron chi connectivity index (χ0n) is 6.64. The maximum absolute atomic E-state index is 5.21. The van der Waals surface area contributed by atoms with Gasteiger partial charge in [0.2, 0.25) is 0 Å². The van der Waals surface area contributed by atoms with Crippen molar-refractivity contribution >= 4 is 15.4 Å². The Hall–Kier alpha value is -0.763. The van der Waals surface area contributed by atoms with Crippen LogP contribution in [0.3, 0.4) is 0 Å². The van der Waals surface area contributed by atoms with Crippen molar-refractivity contribution in [2.45, 2.75) is 6.92 Å². The summed E-state index contributed by atoms with van der Waals surface area (Å²) in [6.07, 6.45) is 0. The number of para-hydroxylation sites is 1. The van der Waals surface area contributed by atoms with Gasteiger partial charge in [0.15, 0.2) is 0 Å². The Morgan fingerprint density at radius 3 is 2.50 bits per heavy atom. The van der Waals surface area contributed by atoms with Crippen molar-refractivity contribution in [1.82, 2.24) is 0 Å². The Labute approximate surface area is 64.4 Å². The molecular weight excluding hydrogens is 140 g/mol. The Morgan fingerprint density at radius 1 is 1.40 bits per heavy atom. The fraction of sp³-hybridized carbons (Fsp3) is 0.250. The molecule has 0 unspecified atom stereocenters. The second kappa shape index (κ2) is 2.88. The van der Waals surface area contributed by atoms with Gasteiger partial charge in [0.05, 0.1) is 7.11 Å². The molecule has 1 nitrogen and oxygen atoms in total. The molecule has 0 radical (unpaired) electrons. The first kappa shape index (κ1) is 7.35. The van der Waals surface area contributed by atoms with Crippen LogP contribution < -0.4 is 9.92 Å². The van der Waals surface area contributed by atoms with Gasteiger partial charge in [-0.1, -0.05) is 18.2 Å². The van der Waals surface area contributed by atoms with Crippen molar-refractivity contribution in [1.29, 1.82) is 0 Å². The maximum atomic E-state index is 5.21. The van der Waals surface area contributed by atoms with Crippen LogP contribution in [0.25, 0.3) is 0 Å². The zero-order chi connectivity index (χ0) is 7.56. The monoisotopic (exact) mass is 152 g/mol. The number of hydrogen-bond acceptors (Lipinski definition) is 1. The fourth-order valence-electron chi connectivity index (χ4n) is 1.12. The van der Waals surface area contributed by atoms with Crippen LogP contribution in [0.4, 0.5) is 0 Å². The van der Waals surface area contributed by atoms with E-state index in [1.165, 1.54) is 10.8 Å². The molecule has 2 heteroatoms. The van der Waals surface area contributed by atoms with E-state index in [2.05, 4.69) is 25.1 Å². The lowest BCUT2D eigenvalue weighted by Crippen LogP contribution is -2.07. The van der Waals surface area contributed by atoms with E-state index in [1.54, 1.807) is 7.11 Å². The van der Waals surface area contributed by atoms with Gasteiger partial charge in [0, 0.05) is 10.2 Å². The molecule has 0 heterocycles. The van der Waals surface area contributed by atoms with Gasteiger partial charge in [-0.05, 0) is 17.7 Å². The fourth-order valence-corrected chi connectivity index (χ4v) is 1.91. The van der Waals surface area contributed by atoms with E-state index >= 15 is 0 Å². The van der Waals surface area contributed by atoms with Crippen molar-refractivity contribution in [3.05, 3.63) is 23.8 Å². The summed E-state index contributed by atoms with van der Waals surface area (Å²) in [5, 5.41) is 1.34. The largest absolute Gasteiger partial charge is 0.497 e. The summed E-state index contributed by atoms with van der Waals surface area (Å²) in [4.78, 5) is 0. The molecule has 54 valence electrons. The molecule has 0 aliphatic heterocycles. The third kappa shape index (κ3) is 1.21. The second-order valence-electron chi connectivity index (χ2n) is 2.43. The van der Waals surface area contributed by atoms with E-state index in [4.69, 9.17) is 4.74 Å². The van der Waals surface area contributed by atoms with Gasteiger partial charge in [-0.15, -0.1) is 0 Å². The predicted molar refractivity (Wildman–Crippen MR) is 47.3 cm³/mol. The van der Waals surface area contributed by atoms with Crippen LogP contribution in [0.1, 0.15) is 5.56 Å². The highest BCUT2D eigenvalue weighted by atomic mass is 28.1. The molecule has 0 spiro atoms. The van der Waals surface area contributed by atoms with Crippen LogP contribution in [-0.2, 0) is 0 Å². The van der Waals surface area contributed by atoms with Gasteiger partial charge in [-0.3, -0.25) is 0 Å². The molecule has 1 rings (SSSR count). The SMILES string of the molecule is COc1c(C)cccc1[SiH3]. The van der Waals surface area contributed by atoms with Gasteiger partial charge < -0.3 is 4.74 Å². The highest BCUT2D eigenvalue weighted by molar-refractivity contribution is 6.34. The molecule has 1 aromatic rings. The van der Waals surface area contributed by atoms with Crippen LogP contribution in [0.2, 0.25) is 0 Å². The molecule has 0 amide bonds. The third-order valence-corrected chi connectivity index (χ3v) is 2.40. The van der Waals surface area contributed by atoms with Crippen molar-refractivity contribution < 1.29 is 4.74 Å². The summed E-state index contributed by atoms with van der Waals surface area (Å²) in [7, 11) is 2.78. The number of ether oxygens (including phenoxy) is 1. The van der Waals surface area contributed by atoms with Crippen LogP contribution in [0, 0.1) is 6.92 Å². The van der Waals surface area contributed by atoms with Crippen LogP contribution in [-0.4, -0.2) is 17.4 Å². The highest BCUT2D eigenvalue weighted by Gasteiger charge is 1.98. The molecule has 0 saturated carbocycles. The molecule has 1 aromatic carbocycles. The van der Waals surface area contributed by atoms with E-state index in [9.17, 15) is 0 Å². The van der Waals surface area contributed by atoms with Gasteiger partial charge in [-0.2, -0.15) is 0 Å². The first-order valence-corrected chi connectivity index (χ1v) is 4.36. The molecule has 0 atom stereocenters. The van der Waals surface area contributed by atoms with Crippen molar-refractivity contribution in [3.8, 4) is 5.75 Å². The normalized spacial score (nSPS) is 9.80. The smallest absolute Gasteiger partial charge is 0.119 e. The van der Waals surface area contributed by atoms with Crippen LogP contribution in [0.15, 0.2) is 18.2 Å². The Morgan fingerprint density at radius 2 is 2.10 bits per heavy atom. The van der Waals surface area contributed by atoms with Gasteiger partial charge in [0.25, 0.3) is 0 Å². The minimum Gasteiger partial charge on any atom is -0.497 e. The molecule has 10 heavy (non-hydrogen) atoms. The zero-order valence-corrected chi connectivity index (χ0v) is 8.64. The second-order valence-corrected chi connectivity index (χ2v) is 3.50. The average molecular weight is 152 g/mol. The lowest BCUT2D eigenvalue weighted by atomic mass is 10.2. The van der Waals surface area contributed by atoms with Crippen molar-refractivity contribution in [2.24, 2.45) is 0 Å².